The molecule has 1 unspecified atom stereocenters. The molecule has 1 aromatic rings. The van der Waals surface area contributed by atoms with Crippen molar-refractivity contribution in [3.05, 3.63) is 33.9 Å². The molecule has 0 aliphatic heterocycles. The number of carbonyl (C=O) groups is 1. The topological polar surface area (TPSA) is 116 Å². The minimum atomic E-state index is -1.03. The molecule has 8 heteroatoms. The molecule has 0 saturated carbocycles. The number of nitriles is 1. The maximum absolute atomic E-state index is 11.1. The van der Waals surface area contributed by atoms with Crippen LogP contribution in [0.25, 0.3) is 0 Å². The highest BCUT2D eigenvalue weighted by Gasteiger charge is 2.19. The summed E-state index contributed by atoms with van der Waals surface area (Å²) < 4.78 is 0. The smallest absolute Gasteiger partial charge is 0.326 e. The quantitative estimate of drug-likeness (QED) is 0.584. The van der Waals surface area contributed by atoms with Crippen molar-refractivity contribution in [2.24, 2.45) is 0 Å². The SMILES string of the molecule is CSCCC(Nc1ccc([N+](=O)[O-])cc1C#N)C(=O)O. The molecule has 1 rings (SSSR count). The summed E-state index contributed by atoms with van der Waals surface area (Å²) in [6.45, 7) is 0. The maximum Gasteiger partial charge on any atom is 0.326 e. The normalized spacial score (nSPS) is 11.4. The highest BCUT2D eigenvalue weighted by molar-refractivity contribution is 7.98. The van der Waals surface area contributed by atoms with Crippen molar-refractivity contribution in [3.8, 4) is 6.07 Å². The van der Waals surface area contributed by atoms with Gasteiger partial charge in [-0.1, -0.05) is 0 Å². The number of carboxylic acid groups (broad SMARTS) is 1. The molecule has 106 valence electrons. The Bertz CT molecular complexity index is 556. The van der Waals surface area contributed by atoms with Gasteiger partial charge in [-0.25, -0.2) is 4.79 Å². The number of benzene rings is 1. The largest absolute Gasteiger partial charge is 0.480 e. The van der Waals surface area contributed by atoms with Crippen molar-refractivity contribution in [1.82, 2.24) is 0 Å². The minimum absolute atomic E-state index is 0.0506. The zero-order valence-electron chi connectivity index (χ0n) is 10.7. The van der Waals surface area contributed by atoms with E-state index in [0.29, 0.717) is 12.2 Å². The molecule has 0 radical (unpaired) electrons. The number of hydrogen-bond donors (Lipinski definition) is 2. The number of rotatable bonds is 7. The van der Waals surface area contributed by atoms with Gasteiger partial charge in [-0.05, 0) is 24.5 Å². The van der Waals surface area contributed by atoms with Gasteiger partial charge in [0.25, 0.3) is 5.69 Å². The minimum Gasteiger partial charge on any atom is -0.480 e. The summed E-state index contributed by atoms with van der Waals surface area (Å²) >= 11 is 1.52. The third-order valence-electron chi connectivity index (χ3n) is 2.57. The fourth-order valence-electron chi connectivity index (χ4n) is 1.54. The number of nitro benzene ring substituents is 1. The van der Waals surface area contributed by atoms with E-state index in [1.54, 1.807) is 0 Å². The zero-order chi connectivity index (χ0) is 15.1. The van der Waals surface area contributed by atoms with Gasteiger partial charge in [0.1, 0.15) is 12.1 Å². The monoisotopic (exact) mass is 295 g/mol. The lowest BCUT2D eigenvalue weighted by molar-refractivity contribution is -0.384. The molecule has 0 aliphatic rings. The van der Waals surface area contributed by atoms with E-state index in [0.717, 1.165) is 6.07 Å². The number of aliphatic carboxylic acids is 1. The first kappa shape index (κ1) is 15.8. The van der Waals surface area contributed by atoms with E-state index in [1.165, 1.54) is 23.9 Å². The molecule has 7 nitrogen and oxygen atoms in total. The first-order chi connectivity index (χ1) is 9.49. The van der Waals surface area contributed by atoms with Crippen LogP contribution in [-0.2, 0) is 4.79 Å². The Morgan fingerprint density at radius 1 is 1.65 bits per heavy atom. The van der Waals surface area contributed by atoms with Crippen molar-refractivity contribution in [1.29, 1.82) is 5.26 Å². The molecule has 0 saturated heterocycles. The lowest BCUT2D eigenvalue weighted by Crippen LogP contribution is -2.30. The maximum atomic E-state index is 11.1. The summed E-state index contributed by atoms with van der Waals surface area (Å²) in [4.78, 5) is 21.1. The first-order valence-corrected chi connectivity index (χ1v) is 7.05. The Balaban J connectivity index is 2.98. The van der Waals surface area contributed by atoms with Crippen LogP contribution < -0.4 is 5.32 Å². The molecule has 20 heavy (non-hydrogen) atoms. The predicted octanol–water partition coefficient (Wildman–Crippen LogP) is 2.08. The third-order valence-corrected chi connectivity index (χ3v) is 3.22. The second kappa shape index (κ2) is 7.35. The molecule has 0 amide bonds. The fraction of sp³-hybridized carbons (Fsp3) is 0.333. The summed E-state index contributed by atoms with van der Waals surface area (Å²) in [7, 11) is 0. The highest BCUT2D eigenvalue weighted by atomic mass is 32.2. The van der Waals surface area contributed by atoms with Gasteiger partial charge in [-0.3, -0.25) is 10.1 Å². The summed E-state index contributed by atoms with van der Waals surface area (Å²) in [6, 6.07) is 4.70. The number of carboxylic acids is 1. The van der Waals surface area contributed by atoms with E-state index in [2.05, 4.69) is 5.32 Å². The van der Waals surface area contributed by atoms with Crippen LogP contribution in [0, 0.1) is 21.4 Å². The zero-order valence-corrected chi connectivity index (χ0v) is 11.5. The molecule has 0 fully saturated rings. The van der Waals surface area contributed by atoms with Crippen molar-refractivity contribution >= 4 is 29.1 Å². The molecular weight excluding hydrogens is 282 g/mol. The number of anilines is 1. The Kier molecular flexibility index (Phi) is 5.80. The van der Waals surface area contributed by atoms with E-state index >= 15 is 0 Å². The molecule has 0 aliphatic carbocycles. The Labute approximate surface area is 119 Å². The van der Waals surface area contributed by atoms with Crippen molar-refractivity contribution in [2.45, 2.75) is 12.5 Å². The van der Waals surface area contributed by atoms with Crippen LogP contribution >= 0.6 is 11.8 Å². The van der Waals surface area contributed by atoms with Gasteiger partial charge < -0.3 is 10.4 Å². The standard InChI is InChI=1S/C12H13N3O4S/c1-20-5-4-11(12(16)17)14-10-3-2-9(15(18)19)6-8(10)7-13/h2-3,6,11,14H,4-5H2,1H3,(H,16,17). The van der Waals surface area contributed by atoms with Crippen molar-refractivity contribution in [3.63, 3.8) is 0 Å². The van der Waals surface area contributed by atoms with Crippen LogP contribution in [-0.4, -0.2) is 34.0 Å². The molecule has 0 bridgehead atoms. The average Bonchev–Trinajstić information content (AvgIpc) is 2.42. The van der Waals surface area contributed by atoms with E-state index in [1.807, 2.05) is 12.3 Å². The lowest BCUT2D eigenvalue weighted by Gasteiger charge is -2.16. The van der Waals surface area contributed by atoms with E-state index in [4.69, 9.17) is 10.4 Å². The molecule has 0 spiro atoms. The van der Waals surface area contributed by atoms with Crippen LogP contribution in [0.4, 0.5) is 11.4 Å². The number of nitrogens with one attached hydrogen (secondary N) is 1. The molecule has 0 aromatic heterocycles. The molecule has 2 N–H and O–H groups in total. The number of nitro groups is 1. The summed E-state index contributed by atoms with van der Waals surface area (Å²) in [5, 5.41) is 31.5. The van der Waals surface area contributed by atoms with E-state index < -0.39 is 16.9 Å². The van der Waals surface area contributed by atoms with Gasteiger partial charge in [-0.15, -0.1) is 0 Å². The van der Waals surface area contributed by atoms with Gasteiger partial charge in [0.2, 0.25) is 0 Å². The van der Waals surface area contributed by atoms with Crippen LogP contribution in [0.2, 0.25) is 0 Å². The summed E-state index contributed by atoms with van der Waals surface area (Å²) in [5.41, 5.74) is 0.129. The molecule has 1 aromatic carbocycles. The highest BCUT2D eigenvalue weighted by Crippen LogP contribution is 2.22. The molecular formula is C12H13N3O4S. The fourth-order valence-corrected chi connectivity index (χ4v) is 2.02. The number of hydrogen-bond acceptors (Lipinski definition) is 6. The Morgan fingerprint density at radius 2 is 2.35 bits per heavy atom. The van der Waals surface area contributed by atoms with E-state index in [-0.39, 0.29) is 16.9 Å². The Hall–Kier alpha value is -2.27. The van der Waals surface area contributed by atoms with Gasteiger partial charge in [-0.2, -0.15) is 17.0 Å². The van der Waals surface area contributed by atoms with Gasteiger partial charge >= 0.3 is 5.97 Å². The first-order valence-electron chi connectivity index (χ1n) is 5.66. The average molecular weight is 295 g/mol. The van der Waals surface area contributed by atoms with Crippen molar-refractivity contribution < 1.29 is 14.8 Å². The number of nitrogens with zero attached hydrogens (tertiary/aromatic N) is 2. The van der Waals surface area contributed by atoms with Crippen LogP contribution in [0.5, 0.6) is 0 Å². The number of thioether (sulfide) groups is 1. The molecule has 0 heterocycles. The van der Waals surface area contributed by atoms with Gasteiger partial charge in [0.15, 0.2) is 0 Å². The summed E-state index contributed by atoms with van der Waals surface area (Å²) in [6.07, 6.45) is 2.25. The van der Waals surface area contributed by atoms with Gasteiger partial charge in [0, 0.05) is 12.1 Å². The van der Waals surface area contributed by atoms with Crippen molar-refractivity contribution in [2.75, 3.05) is 17.3 Å². The van der Waals surface area contributed by atoms with E-state index in [9.17, 15) is 14.9 Å². The van der Waals surface area contributed by atoms with Crippen LogP contribution in [0.1, 0.15) is 12.0 Å². The van der Waals surface area contributed by atoms with Gasteiger partial charge in [0.05, 0.1) is 16.2 Å². The van der Waals surface area contributed by atoms with Crippen LogP contribution in [0.3, 0.4) is 0 Å². The molecule has 1 atom stereocenters. The second-order valence-electron chi connectivity index (χ2n) is 3.92. The van der Waals surface area contributed by atoms with Crippen LogP contribution in [0.15, 0.2) is 18.2 Å². The number of non-ortho nitro benzene ring substituents is 1. The lowest BCUT2D eigenvalue weighted by atomic mass is 10.1. The third kappa shape index (κ3) is 4.13. The second-order valence-corrected chi connectivity index (χ2v) is 4.90. The predicted molar refractivity (Wildman–Crippen MR) is 75.9 cm³/mol. The Morgan fingerprint density at radius 3 is 2.85 bits per heavy atom. The summed E-state index contributed by atoms with van der Waals surface area (Å²) in [5.74, 6) is -0.375.